The molecule has 0 aliphatic carbocycles. The minimum Gasteiger partial charge on any atom is -0.494 e. The summed E-state index contributed by atoms with van der Waals surface area (Å²) in [6.07, 6.45) is 2.61. The van der Waals surface area contributed by atoms with Gasteiger partial charge in [0.05, 0.1) is 6.61 Å². The number of guanidine groups is 1. The van der Waals surface area contributed by atoms with Gasteiger partial charge in [0.25, 0.3) is 0 Å². The van der Waals surface area contributed by atoms with E-state index < -0.39 is 0 Å². The molecule has 1 N–H and O–H groups in total. The van der Waals surface area contributed by atoms with Crippen molar-refractivity contribution in [1.82, 2.24) is 15.1 Å². The van der Waals surface area contributed by atoms with Gasteiger partial charge in [-0.05, 0) is 56.5 Å². The van der Waals surface area contributed by atoms with E-state index in [-0.39, 0.29) is 0 Å². The Bertz CT molecular complexity index is 529. The lowest BCUT2D eigenvalue weighted by Crippen LogP contribution is -2.44. The molecule has 0 radical (unpaired) electrons. The first-order chi connectivity index (χ1) is 12.2. The SMILES string of the molecule is CCOc1ccc(CN(C)C(=NC)NCC2CCCN(CC)C2)cc1. The molecule has 140 valence electrons. The van der Waals surface area contributed by atoms with Gasteiger partial charge in [-0.15, -0.1) is 0 Å². The number of likely N-dealkylation sites (tertiary alicyclic amines) is 1. The number of ether oxygens (including phenoxy) is 1. The van der Waals surface area contributed by atoms with Crippen LogP contribution in [0.15, 0.2) is 29.3 Å². The molecule has 0 aromatic heterocycles. The minimum atomic E-state index is 0.701. The predicted octanol–water partition coefficient (Wildman–Crippen LogP) is 2.82. The van der Waals surface area contributed by atoms with Crippen molar-refractivity contribution in [1.29, 1.82) is 0 Å². The third-order valence-electron chi connectivity index (χ3n) is 4.83. The first-order valence-corrected chi connectivity index (χ1v) is 9.52. The Morgan fingerprint density at radius 3 is 2.72 bits per heavy atom. The van der Waals surface area contributed by atoms with Crippen LogP contribution >= 0.6 is 0 Å². The molecule has 0 spiro atoms. The quantitative estimate of drug-likeness (QED) is 0.609. The van der Waals surface area contributed by atoms with Crippen molar-refractivity contribution in [2.45, 2.75) is 33.2 Å². The van der Waals surface area contributed by atoms with Crippen LogP contribution in [-0.2, 0) is 6.54 Å². The van der Waals surface area contributed by atoms with Gasteiger partial charge in [-0.3, -0.25) is 4.99 Å². The van der Waals surface area contributed by atoms with Crippen molar-refractivity contribution in [3.63, 3.8) is 0 Å². The highest BCUT2D eigenvalue weighted by Gasteiger charge is 2.19. The van der Waals surface area contributed by atoms with Gasteiger partial charge >= 0.3 is 0 Å². The maximum atomic E-state index is 5.50. The van der Waals surface area contributed by atoms with E-state index in [4.69, 9.17) is 4.74 Å². The third kappa shape index (κ3) is 6.24. The molecule has 0 bridgehead atoms. The summed E-state index contributed by atoms with van der Waals surface area (Å²) in [5.41, 5.74) is 1.25. The summed E-state index contributed by atoms with van der Waals surface area (Å²) in [6, 6.07) is 8.30. The Morgan fingerprint density at radius 1 is 1.32 bits per heavy atom. The fourth-order valence-corrected chi connectivity index (χ4v) is 3.43. The highest BCUT2D eigenvalue weighted by Crippen LogP contribution is 2.16. The molecule has 1 atom stereocenters. The molecular formula is C20H34N4O. The second kappa shape index (κ2) is 10.3. The zero-order chi connectivity index (χ0) is 18.1. The van der Waals surface area contributed by atoms with Crippen LogP contribution in [0.4, 0.5) is 0 Å². The summed E-state index contributed by atoms with van der Waals surface area (Å²) in [6.45, 7) is 10.4. The number of benzene rings is 1. The smallest absolute Gasteiger partial charge is 0.193 e. The number of piperidine rings is 1. The number of nitrogens with zero attached hydrogens (tertiary/aromatic N) is 3. The molecule has 1 aliphatic heterocycles. The van der Waals surface area contributed by atoms with Crippen molar-refractivity contribution in [2.75, 3.05) is 46.9 Å². The first-order valence-electron chi connectivity index (χ1n) is 9.52. The van der Waals surface area contributed by atoms with Crippen molar-refractivity contribution in [2.24, 2.45) is 10.9 Å². The molecule has 1 aromatic rings. The summed E-state index contributed by atoms with van der Waals surface area (Å²) in [4.78, 5) is 9.17. The van der Waals surface area contributed by atoms with Gasteiger partial charge in [-0.25, -0.2) is 0 Å². The van der Waals surface area contributed by atoms with Gasteiger partial charge in [0, 0.05) is 33.7 Å². The Labute approximate surface area is 153 Å². The second-order valence-electron chi connectivity index (χ2n) is 6.76. The predicted molar refractivity (Wildman–Crippen MR) is 105 cm³/mol. The Kier molecular flexibility index (Phi) is 8.06. The van der Waals surface area contributed by atoms with Gasteiger partial charge in [0.1, 0.15) is 5.75 Å². The molecular weight excluding hydrogens is 312 g/mol. The molecule has 2 rings (SSSR count). The van der Waals surface area contributed by atoms with Crippen molar-refractivity contribution in [3.05, 3.63) is 29.8 Å². The zero-order valence-corrected chi connectivity index (χ0v) is 16.3. The summed E-state index contributed by atoms with van der Waals surface area (Å²) in [7, 11) is 3.95. The maximum absolute atomic E-state index is 5.50. The Balaban J connectivity index is 1.82. The third-order valence-corrected chi connectivity index (χ3v) is 4.83. The van der Waals surface area contributed by atoms with Crippen LogP contribution in [0.1, 0.15) is 32.3 Å². The molecule has 1 heterocycles. The first kappa shape index (κ1) is 19.6. The molecule has 1 aliphatic rings. The fourth-order valence-electron chi connectivity index (χ4n) is 3.43. The second-order valence-corrected chi connectivity index (χ2v) is 6.76. The van der Waals surface area contributed by atoms with Gasteiger partial charge in [0.15, 0.2) is 5.96 Å². The van der Waals surface area contributed by atoms with Crippen LogP contribution in [0.5, 0.6) is 5.75 Å². The van der Waals surface area contributed by atoms with E-state index in [2.05, 4.69) is 46.2 Å². The molecule has 5 heteroatoms. The topological polar surface area (TPSA) is 40.1 Å². The molecule has 1 aromatic carbocycles. The summed E-state index contributed by atoms with van der Waals surface area (Å²) >= 11 is 0. The van der Waals surface area contributed by atoms with E-state index in [0.717, 1.165) is 31.3 Å². The van der Waals surface area contributed by atoms with Crippen molar-refractivity contribution < 1.29 is 4.74 Å². The van der Waals surface area contributed by atoms with E-state index in [9.17, 15) is 0 Å². The Hall–Kier alpha value is -1.75. The van der Waals surface area contributed by atoms with Crippen molar-refractivity contribution >= 4 is 5.96 Å². The maximum Gasteiger partial charge on any atom is 0.193 e. The normalized spacial score (nSPS) is 18.9. The van der Waals surface area contributed by atoms with E-state index in [0.29, 0.717) is 12.5 Å². The zero-order valence-electron chi connectivity index (χ0n) is 16.3. The number of nitrogens with one attached hydrogen (secondary N) is 1. The van der Waals surface area contributed by atoms with Crippen molar-refractivity contribution in [3.8, 4) is 5.75 Å². The number of rotatable bonds is 7. The molecule has 1 unspecified atom stereocenters. The lowest BCUT2D eigenvalue weighted by Gasteiger charge is -2.33. The van der Waals surface area contributed by atoms with Gasteiger partial charge in [0.2, 0.25) is 0 Å². The van der Waals surface area contributed by atoms with E-state index >= 15 is 0 Å². The van der Waals surface area contributed by atoms with Crippen LogP contribution < -0.4 is 10.1 Å². The number of hydrogen-bond donors (Lipinski definition) is 1. The van der Waals surface area contributed by atoms with E-state index in [1.54, 1.807) is 0 Å². The molecule has 1 fully saturated rings. The number of hydrogen-bond acceptors (Lipinski definition) is 3. The minimum absolute atomic E-state index is 0.701. The van der Waals surface area contributed by atoms with Crippen LogP contribution in [0.3, 0.4) is 0 Å². The van der Waals surface area contributed by atoms with Crippen LogP contribution in [0, 0.1) is 5.92 Å². The highest BCUT2D eigenvalue weighted by atomic mass is 16.5. The number of aliphatic imine (C=N–C) groups is 1. The van der Waals surface area contributed by atoms with Crippen LogP contribution in [-0.4, -0.2) is 62.6 Å². The molecule has 1 saturated heterocycles. The molecule has 0 saturated carbocycles. The lowest BCUT2D eigenvalue weighted by atomic mass is 9.98. The molecule has 5 nitrogen and oxygen atoms in total. The van der Waals surface area contributed by atoms with E-state index in [1.807, 2.05) is 26.1 Å². The summed E-state index contributed by atoms with van der Waals surface area (Å²) in [5.74, 6) is 2.60. The van der Waals surface area contributed by atoms with Crippen LogP contribution in [0.25, 0.3) is 0 Å². The fraction of sp³-hybridized carbons (Fsp3) is 0.650. The van der Waals surface area contributed by atoms with Crippen LogP contribution in [0.2, 0.25) is 0 Å². The van der Waals surface area contributed by atoms with Gasteiger partial charge in [-0.2, -0.15) is 0 Å². The highest BCUT2D eigenvalue weighted by molar-refractivity contribution is 5.79. The molecule has 25 heavy (non-hydrogen) atoms. The van der Waals surface area contributed by atoms with Gasteiger partial charge < -0.3 is 19.9 Å². The summed E-state index contributed by atoms with van der Waals surface area (Å²) in [5, 5.41) is 3.56. The standard InChI is InChI=1S/C20H34N4O/c1-5-24-13-7-8-18(16-24)14-22-20(21-3)23(4)15-17-9-11-19(12-10-17)25-6-2/h9-12,18H,5-8,13-16H2,1-4H3,(H,21,22). The Morgan fingerprint density at radius 2 is 2.08 bits per heavy atom. The van der Waals surface area contributed by atoms with Gasteiger partial charge in [-0.1, -0.05) is 19.1 Å². The average Bonchev–Trinajstić information content (AvgIpc) is 2.64. The molecule has 0 amide bonds. The monoisotopic (exact) mass is 346 g/mol. The average molecular weight is 347 g/mol. The largest absolute Gasteiger partial charge is 0.494 e. The lowest BCUT2D eigenvalue weighted by molar-refractivity contribution is 0.183. The van der Waals surface area contributed by atoms with E-state index in [1.165, 1.54) is 31.5 Å². The summed E-state index contributed by atoms with van der Waals surface area (Å²) < 4.78 is 5.50.